The van der Waals surface area contributed by atoms with E-state index < -0.39 is 0 Å². The Bertz CT molecular complexity index is 79.7. The van der Waals surface area contributed by atoms with Gasteiger partial charge in [0.1, 0.15) is 6.23 Å². The lowest BCUT2D eigenvalue weighted by Gasteiger charge is -2.40. The molecule has 1 unspecified atom stereocenters. The van der Waals surface area contributed by atoms with Gasteiger partial charge in [-0.25, -0.2) is 0 Å². The molecule has 3 nitrogen and oxygen atoms in total. The third-order valence-corrected chi connectivity index (χ3v) is 1.28. The standard InChI is InChI=1S/C5H12N2O/c1-4(2)7-5(3)8-6-7/h4-6H,1-3H3. The Hall–Kier alpha value is -0.120. The molecule has 0 amide bonds. The fourth-order valence-electron chi connectivity index (χ4n) is 0.744. The van der Waals surface area contributed by atoms with Crippen LogP contribution in [0.2, 0.25) is 0 Å². The van der Waals surface area contributed by atoms with Gasteiger partial charge < -0.3 is 0 Å². The fourth-order valence-corrected chi connectivity index (χ4v) is 0.744. The van der Waals surface area contributed by atoms with Gasteiger partial charge in [0, 0.05) is 6.04 Å². The number of hydrogen-bond acceptors (Lipinski definition) is 3. The number of hydrazine groups is 1. The quantitative estimate of drug-likeness (QED) is 0.539. The monoisotopic (exact) mass is 116 g/mol. The van der Waals surface area contributed by atoms with Gasteiger partial charge in [0.25, 0.3) is 0 Å². The van der Waals surface area contributed by atoms with Crippen LogP contribution in [-0.4, -0.2) is 17.3 Å². The van der Waals surface area contributed by atoms with E-state index in [2.05, 4.69) is 19.4 Å². The molecule has 1 atom stereocenters. The number of hydrogen-bond donors (Lipinski definition) is 1. The summed E-state index contributed by atoms with van der Waals surface area (Å²) in [5, 5.41) is 2.04. The Morgan fingerprint density at radius 3 is 2.25 bits per heavy atom. The van der Waals surface area contributed by atoms with Gasteiger partial charge in [0.15, 0.2) is 0 Å². The van der Waals surface area contributed by atoms with E-state index in [4.69, 9.17) is 4.84 Å². The van der Waals surface area contributed by atoms with E-state index in [-0.39, 0.29) is 6.23 Å². The van der Waals surface area contributed by atoms with Crippen LogP contribution in [0, 0.1) is 0 Å². The normalized spacial score (nSPS) is 30.8. The van der Waals surface area contributed by atoms with Crippen molar-refractivity contribution in [1.82, 2.24) is 10.6 Å². The first-order valence-electron chi connectivity index (χ1n) is 2.91. The van der Waals surface area contributed by atoms with Crippen LogP contribution in [0.4, 0.5) is 0 Å². The van der Waals surface area contributed by atoms with Gasteiger partial charge in [-0.3, -0.25) is 4.84 Å². The van der Waals surface area contributed by atoms with Gasteiger partial charge in [-0.2, -0.15) is 5.01 Å². The fraction of sp³-hybridized carbons (Fsp3) is 1.00. The molecular formula is C5H12N2O. The van der Waals surface area contributed by atoms with Gasteiger partial charge in [-0.15, -0.1) is 5.59 Å². The van der Waals surface area contributed by atoms with E-state index in [1.165, 1.54) is 0 Å². The van der Waals surface area contributed by atoms with Crippen molar-refractivity contribution in [2.24, 2.45) is 0 Å². The van der Waals surface area contributed by atoms with Crippen molar-refractivity contribution in [1.29, 1.82) is 0 Å². The third-order valence-electron chi connectivity index (χ3n) is 1.28. The molecule has 0 saturated carbocycles. The van der Waals surface area contributed by atoms with E-state index in [1.54, 1.807) is 0 Å². The van der Waals surface area contributed by atoms with Crippen LogP contribution in [0.5, 0.6) is 0 Å². The van der Waals surface area contributed by atoms with E-state index in [1.807, 2.05) is 11.9 Å². The van der Waals surface area contributed by atoms with Crippen molar-refractivity contribution < 1.29 is 4.84 Å². The van der Waals surface area contributed by atoms with E-state index in [9.17, 15) is 0 Å². The molecule has 0 aromatic carbocycles. The second-order valence-corrected chi connectivity index (χ2v) is 2.31. The molecule has 1 saturated heterocycles. The van der Waals surface area contributed by atoms with Crippen LogP contribution in [0.25, 0.3) is 0 Å². The van der Waals surface area contributed by atoms with Crippen molar-refractivity contribution in [3.8, 4) is 0 Å². The molecule has 0 aromatic heterocycles. The third kappa shape index (κ3) is 0.844. The van der Waals surface area contributed by atoms with Crippen molar-refractivity contribution in [2.75, 3.05) is 0 Å². The average molecular weight is 116 g/mol. The number of nitrogens with zero attached hydrogens (tertiary/aromatic N) is 1. The summed E-state index contributed by atoms with van der Waals surface area (Å²) in [4.78, 5) is 4.88. The first-order valence-corrected chi connectivity index (χ1v) is 2.91. The Kier molecular flexibility index (Phi) is 1.51. The SMILES string of the molecule is CC(C)N1NOC1C. The predicted molar refractivity (Wildman–Crippen MR) is 30.7 cm³/mol. The highest BCUT2D eigenvalue weighted by Gasteiger charge is 2.26. The molecule has 1 rings (SSSR count). The zero-order chi connectivity index (χ0) is 6.15. The molecule has 8 heavy (non-hydrogen) atoms. The summed E-state index contributed by atoms with van der Waals surface area (Å²) < 4.78 is 0. The molecular weight excluding hydrogens is 104 g/mol. The zero-order valence-corrected chi connectivity index (χ0v) is 5.51. The largest absolute Gasteiger partial charge is 0.267 e. The summed E-state index contributed by atoms with van der Waals surface area (Å²) in [6, 6.07) is 0.527. The highest BCUT2D eigenvalue weighted by atomic mass is 16.8. The van der Waals surface area contributed by atoms with Crippen LogP contribution in [0.1, 0.15) is 20.8 Å². The zero-order valence-electron chi connectivity index (χ0n) is 5.51. The molecule has 48 valence electrons. The van der Waals surface area contributed by atoms with E-state index >= 15 is 0 Å². The van der Waals surface area contributed by atoms with E-state index in [0.717, 1.165) is 0 Å². The molecule has 3 heteroatoms. The van der Waals surface area contributed by atoms with Crippen LogP contribution in [-0.2, 0) is 4.84 Å². The maximum atomic E-state index is 4.88. The van der Waals surface area contributed by atoms with Crippen molar-refractivity contribution in [3.05, 3.63) is 0 Å². The summed E-state index contributed by atoms with van der Waals surface area (Å²) in [7, 11) is 0. The molecule has 0 radical (unpaired) electrons. The van der Waals surface area contributed by atoms with E-state index in [0.29, 0.717) is 6.04 Å². The molecule has 1 aliphatic heterocycles. The van der Waals surface area contributed by atoms with Crippen LogP contribution < -0.4 is 5.59 Å². The van der Waals surface area contributed by atoms with Gasteiger partial charge in [-0.05, 0) is 20.8 Å². The second-order valence-electron chi connectivity index (χ2n) is 2.31. The molecule has 0 aromatic rings. The first kappa shape index (κ1) is 6.01. The molecule has 0 bridgehead atoms. The van der Waals surface area contributed by atoms with Gasteiger partial charge in [0.05, 0.1) is 0 Å². The molecule has 0 aliphatic carbocycles. The Morgan fingerprint density at radius 2 is 2.25 bits per heavy atom. The molecule has 1 heterocycles. The van der Waals surface area contributed by atoms with Crippen LogP contribution in [0.3, 0.4) is 0 Å². The van der Waals surface area contributed by atoms with Crippen LogP contribution >= 0.6 is 0 Å². The molecule has 1 fully saturated rings. The minimum absolute atomic E-state index is 0.245. The minimum atomic E-state index is 0.245. The maximum Gasteiger partial charge on any atom is 0.145 e. The van der Waals surface area contributed by atoms with Gasteiger partial charge in [0.2, 0.25) is 0 Å². The Balaban J connectivity index is 2.26. The molecule has 1 aliphatic rings. The van der Waals surface area contributed by atoms with Crippen molar-refractivity contribution in [3.63, 3.8) is 0 Å². The minimum Gasteiger partial charge on any atom is -0.267 e. The van der Waals surface area contributed by atoms with Crippen molar-refractivity contribution >= 4 is 0 Å². The second kappa shape index (κ2) is 2.01. The summed E-state index contributed by atoms with van der Waals surface area (Å²) in [5.41, 5.74) is 2.73. The topological polar surface area (TPSA) is 24.5 Å². The first-order chi connectivity index (χ1) is 3.72. The lowest BCUT2D eigenvalue weighted by atomic mass is 10.3. The summed E-state index contributed by atoms with van der Waals surface area (Å²) >= 11 is 0. The lowest BCUT2D eigenvalue weighted by molar-refractivity contribution is -0.314. The van der Waals surface area contributed by atoms with Crippen molar-refractivity contribution in [2.45, 2.75) is 33.0 Å². The highest BCUT2D eigenvalue weighted by molar-refractivity contribution is 4.60. The molecule has 1 N–H and O–H groups in total. The molecule has 0 spiro atoms. The Labute approximate surface area is 49.5 Å². The maximum absolute atomic E-state index is 4.88. The van der Waals surface area contributed by atoms with Crippen LogP contribution in [0.15, 0.2) is 0 Å². The highest BCUT2D eigenvalue weighted by Crippen LogP contribution is 2.09. The van der Waals surface area contributed by atoms with Gasteiger partial charge >= 0.3 is 0 Å². The number of rotatable bonds is 1. The Morgan fingerprint density at radius 1 is 1.62 bits per heavy atom. The number of nitrogens with one attached hydrogen (secondary N) is 1. The van der Waals surface area contributed by atoms with Gasteiger partial charge in [-0.1, -0.05) is 0 Å². The summed E-state index contributed by atoms with van der Waals surface area (Å²) in [6.07, 6.45) is 0.245. The predicted octanol–water partition coefficient (Wildman–Crippen LogP) is 0.493. The average Bonchev–Trinajstić information content (AvgIpc) is 1.61. The summed E-state index contributed by atoms with van der Waals surface area (Å²) in [5.74, 6) is 0. The lowest BCUT2D eigenvalue weighted by Crippen LogP contribution is -2.61. The smallest absolute Gasteiger partial charge is 0.145 e. The summed E-state index contributed by atoms with van der Waals surface area (Å²) in [6.45, 7) is 6.24.